The molecule has 0 spiro atoms. The topological polar surface area (TPSA) is 98.1 Å². The van der Waals surface area contributed by atoms with Gasteiger partial charge in [-0.2, -0.15) is 15.2 Å². The highest BCUT2D eigenvalue weighted by Gasteiger charge is 2.41. The van der Waals surface area contributed by atoms with E-state index in [2.05, 4.69) is 34.3 Å². The van der Waals surface area contributed by atoms with Gasteiger partial charge in [-0.15, -0.1) is 0 Å². The maximum absolute atomic E-state index is 14.7. The molecule has 10 nitrogen and oxygen atoms in total. The van der Waals surface area contributed by atoms with Crippen molar-refractivity contribution in [3.8, 4) is 12.1 Å². The van der Waals surface area contributed by atoms with Crippen molar-refractivity contribution in [1.29, 1.82) is 5.26 Å². The zero-order valence-corrected chi connectivity index (χ0v) is 27.3. The number of amides is 1. The summed E-state index contributed by atoms with van der Waals surface area (Å²) in [5.41, 5.74) is 2.50. The van der Waals surface area contributed by atoms with Gasteiger partial charge in [0.25, 0.3) is 0 Å². The third-order valence-corrected chi connectivity index (χ3v) is 9.54. The molecule has 4 heterocycles. The highest BCUT2D eigenvalue weighted by atomic mass is 35.5. The van der Waals surface area contributed by atoms with E-state index in [0.717, 1.165) is 34.7 Å². The first-order valence-corrected chi connectivity index (χ1v) is 15.9. The molecule has 1 amide bonds. The van der Waals surface area contributed by atoms with E-state index < -0.39 is 5.82 Å². The molecule has 0 radical (unpaired) electrons. The second-order valence-corrected chi connectivity index (χ2v) is 13.3. The van der Waals surface area contributed by atoms with Crippen LogP contribution < -0.4 is 14.5 Å². The minimum absolute atomic E-state index is 0.0144. The number of ether oxygens (including phenoxy) is 2. The van der Waals surface area contributed by atoms with Crippen LogP contribution in [0.4, 0.5) is 15.9 Å². The molecule has 2 aromatic carbocycles. The number of anilines is 2. The van der Waals surface area contributed by atoms with Crippen LogP contribution in [0.15, 0.2) is 43.0 Å². The fraction of sp³-hybridized carbons (Fsp3) is 0.471. The van der Waals surface area contributed by atoms with Gasteiger partial charge >= 0.3 is 6.01 Å². The molecule has 242 valence electrons. The van der Waals surface area contributed by atoms with Crippen LogP contribution in [-0.4, -0.2) is 97.9 Å². The standard InChI is InChI=1S/C34H39ClFN7O3/c1-5-29(44)42-14-13-41(16-24(42)11-12-37)32-25-15-22(2)43(28-8-6-7-23-9-10-26(36)31(35)30(23)28)17-27(25)38-33(39-32)46-21-34(18-40(3)4)19-45-20-34/h5-10,22,24H,1,11,13-21H2,2-4H3. The van der Waals surface area contributed by atoms with E-state index in [1.54, 1.807) is 11.0 Å². The number of hydrogen-bond acceptors (Lipinski definition) is 9. The molecule has 2 unspecified atom stereocenters. The van der Waals surface area contributed by atoms with Gasteiger partial charge in [0.05, 0.1) is 54.4 Å². The Morgan fingerprint density at radius 3 is 2.78 bits per heavy atom. The second kappa shape index (κ2) is 13.0. The number of nitriles is 1. The molecule has 1 aromatic heterocycles. The molecule has 12 heteroatoms. The van der Waals surface area contributed by atoms with Crippen molar-refractivity contribution in [2.24, 2.45) is 5.41 Å². The molecular weight excluding hydrogens is 609 g/mol. The molecular formula is C34H39ClFN7O3. The number of nitrogens with zero attached hydrogens (tertiary/aromatic N) is 7. The Balaban J connectivity index is 1.38. The third-order valence-electron chi connectivity index (χ3n) is 9.17. The first kappa shape index (κ1) is 32.0. The summed E-state index contributed by atoms with van der Waals surface area (Å²) in [5.74, 6) is 0.116. The predicted octanol–water partition coefficient (Wildman–Crippen LogP) is 4.45. The van der Waals surface area contributed by atoms with Crippen LogP contribution in [0.25, 0.3) is 10.8 Å². The number of benzene rings is 2. The minimum atomic E-state index is -0.459. The maximum atomic E-state index is 14.7. The summed E-state index contributed by atoms with van der Waals surface area (Å²) in [4.78, 5) is 30.8. The SMILES string of the molecule is C=CC(=O)N1CCN(c2nc(OCC3(CN(C)C)COC3)nc3c2CC(C)N(c2cccc4ccc(F)c(Cl)c24)C3)CC1CC#N. The molecule has 2 atom stereocenters. The van der Waals surface area contributed by atoms with Crippen LogP contribution in [0.5, 0.6) is 6.01 Å². The van der Waals surface area contributed by atoms with E-state index >= 15 is 0 Å². The summed E-state index contributed by atoms with van der Waals surface area (Å²) in [6.07, 6.45) is 2.12. The average Bonchev–Trinajstić information content (AvgIpc) is 3.03. The van der Waals surface area contributed by atoms with Crippen LogP contribution >= 0.6 is 11.6 Å². The van der Waals surface area contributed by atoms with Gasteiger partial charge in [-0.3, -0.25) is 4.79 Å². The van der Waals surface area contributed by atoms with Gasteiger partial charge in [-0.05, 0) is 51.0 Å². The number of hydrogen-bond donors (Lipinski definition) is 0. The van der Waals surface area contributed by atoms with Crippen LogP contribution in [0.2, 0.25) is 5.02 Å². The fourth-order valence-corrected chi connectivity index (χ4v) is 7.24. The summed E-state index contributed by atoms with van der Waals surface area (Å²) in [6, 6.07) is 11.2. The lowest BCUT2D eigenvalue weighted by molar-refractivity contribution is -0.140. The summed E-state index contributed by atoms with van der Waals surface area (Å²) in [7, 11) is 4.06. The van der Waals surface area contributed by atoms with E-state index in [4.69, 9.17) is 31.0 Å². The average molecular weight is 648 g/mol. The Hall–Kier alpha value is -3.98. The molecule has 6 rings (SSSR count). The predicted molar refractivity (Wildman–Crippen MR) is 176 cm³/mol. The van der Waals surface area contributed by atoms with Crippen molar-refractivity contribution in [3.63, 3.8) is 0 Å². The van der Waals surface area contributed by atoms with Crippen molar-refractivity contribution >= 4 is 39.8 Å². The molecule has 0 saturated carbocycles. The molecule has 2 fully saturated rings. The summed E-state index contributed by atoms with van der Waals surface area (Å²) < 4.78 is 26.6. The van der Waals surface area contributed by atoms with Gasteiger partial charge < -0.3 is 29.1 Å². The lowest BCUT2D eigenvalue weighted by Crippen LogP contribution is -2.55. The number of rotatable bonds is 9. The molecule has 3 aliphatic rings. The summed E-state index contributed by atoms with van der Waals surface area (Å²) >= 11 is 6.55. The van der Waals surface area contributed by atoms with Crippen molar-refractivity contribution < 1.29 is 18.7 Å². The highest BCUT2D eigenvalue weighted by molar-refractivity contribution is 6.36. The maximum Gasteiger partial charge on any atom is 0.318 e. The first-order chi connectivity index (χ1) is 22.1. The quantitative estimate of drug-likeness (QED) is 0.312. The van der Waals surface area contributed by atoms with Crippen LogP contribution in [0.1, 0.15) is 24.6 Å². The monoisotopic (exact) mass is 647 g/mol. The molecule has 0 aliphatic carbocycles. The van der Waals surface area contributed by atoms with E-state index in [0.29, 0.717) is 57.8 Å². The summed E-state index contributed by atoms with van der Waals surface area (Å²) in [5, 5.41) is 11.2. The number of fused-ring (bicyclic) bond motifs is 2. The second-order valence-electron chi connectivity index (χ2n) is 12.9. The zero-order valence-electron chi connectivity index (χ0n) is 26.5. The van der Waals surface area contributed by atoms with Gasteiger partial charge in [0.15, 0.2) is 0 Å². The minimum Gasteiger partial charge on any atom is -0.463 e. The van der Waals surface area contributed by atoms with Gasteiger partial charge in [0.1, 0.15) is 18.2 Å². The third kappa shape index (κ3) is 6.09. The Morgan fingerprint density at radius 1 is 1.28 bits per heavy atom. The van der Waals surface area contributed by atoms with Crippen molar-refractivity contribution in [2.45, 2.75) is 38.4 Å². The van der Waals surface area contributed by atoms with Gasteiger partial charge in [-0.1, -0.05) is 36.4 Å². The normalized spacial score (nSPS) is 20.7. The first-order valence-electron chi connectivity index (χ1n) is 15.6. The lowest BCUT2D eigenvalue weighted by atomic mass is 9.86. The van der Waals surface area contributed by atoms with Gasteiger partial charge in [-0.25, -0.2) is 4.39 Å². The van der Waals surface area contributed by atoms with Gasteiger partial charge in [0, 0.05) is 48.9 Å². The van der Waals surface area contributed by atoms with Crippen LogP contribution in [0.3, 0.4) is 0 Å². The largest absolute Gasteiger partial charge is 0.463 e. The van der Waals surface area contributed by atoms with Crippen LogP contribution in [0, 0.1) is 22.6 Å². The Kier molecular flexibility index (Phi) is 9.06. The van der Waals surface area contributed by atoms with Crippen LogP contribution in [-0.2, 0) is 22.5 Å². The molecule has 46 heavy (non-hydrogen) atoms. The fourth-order valence-electron chi connectivity index (χ4n) is 6.97. The zero-order chi connectivity index (χ0) is 32.6. The molecule has 3 aromatic rings. The van der Waals surface area contributed by atoms with E-state index in [-0.39, 0.29) is 40.9 Å². The van der Waals surface area contributed by atoms with Crippen molar-refractivity contribution in [2.75, 3.05) is 69.9 Å². The number of aromatic nitrogens is 2. The Labute approximate surface area is 273 Å². The lowest BCUT2D eigenvalue weighted by Gasteiger charge is -2.43. The summed E-state index contributed by atoms with van der Waals surface area (Å²) in [6.45, 7) is 10.1. The van der Waals surface area contributed by atoms with Crippen molar-refractivity contribution in [3.05, 3.63) is 65.1 Å². The van der Waals surface area contributed by atoms with E-state index in [1.165, 1.54) is 12.1 Å². The molecule has 0 bridgehead atoms. The Morgan fingerprint density at radius 2 is 2.09 bits per heavy atom. The highest BCUT2D eigenvalue weighted by Crippen LogP contribution is 2.40. The van der Waals surface area contributed by atoms with E-state index in [9.17, 15) is 14.4 Å². The number of carbonyl (C=O) groups excluding carboxylic acids is 1. The molecule has 0 N–H and O–H groups in total. The number of piperazine rings is 1. The molecule has 3 aliphatic heterocycles. The number of carbonyl (C=O) groups is 1. The molecule has 2 saturated heterocycles. The van der Waals surface area contributed by atoms with Crippen molar-refractivity contribution in [1.82, 2.24) is 19.8 Å². The van der Waals surface area contributed by atoms with Gasteiger partial charge in [0.2, 0.25) is 5.91 Å². The van der Waals surface area contributed by atoms with E-state index in [1.807, 2.05) is 32.3 Å². The smallest absolute Gasteiger partial charge is 0.318 e. The Bertz CT molecular complexity index is 1690. The number of halogens is 2.